The largest absolute Gasteiger partial charge is 0.497 e. The lowest BCUT2D eigenvalue weighted by molar-refractivity contribution is -0.192. The highest BCUT2D eigenvalue weighted by Gasteiger charge is 2.38. The van der Waals surface area contributed by atoms with Gasteiger partial charge >= 0.3 is 12.1 Å². The molecule has 5 N–H and O–H groups in total. The van der Waals surface area contributed by atoms with Crippen molar-refractivity contribution in [3.05, 3.63) is 59.9 Å². The number of unbranched alkanes of at least 4 members (excludes halogenated alkanes) is 3. The molecule has 258 valence electrons. The zero-order valence-corrected chi connectivity index (χ0v) is 26.2. The van der Waals surface area contributed by atoms with Crippen LogP contribution in [0.3, 0.4) is 0 Å². The molecule has 0 aliphatic carbocycles. The molecule has 1 fully saturated rings. The third-order valence-corrected chi connectivity index (χ3v) is 7.50. The number of methoxy groups -OCH3 is 1. The minimum Gasteiger partial charge on any atom is -0.497 e. The molecule has 3 aromatic rings. The lowest BCUT2D eigenvalue weighted by Crippen LogP contribution is -2.40. The molecular weight excluding hydrogens is 638 g/mol. The summed E-state index contributed by atoms with van der Waals surface area (Å²) in [4.78, 5) is 27.3. The van der Waals surface area contributed by atoms with Gasteiger partial charge in [0.1, 0.15) is 29.2 Å². The summed E-state index contributed by atoms with van der Waals surface area (Å²) < 4.78 is 58.3. The molecule has 0 spiro atoms. The molecule has 2 aromatic carbocycles. The van der Waals surface area contributed by atoms with Gasteiger partial charge in [0, 0.05) is 37.2 Å². The van der Waals surface area contributed by atoms with E-state index in [1.807, 2.05) is 36.4 Å². The second kappa shape index (κ2) is 17.8. The van der Waals surface area contributed by atoms with E-state index in [0.717, 1.165) is 56.6 Å². The number of hydrogen-bond donors (Lipinski definition) is 4. The Hall–Kier alpha value is -4.94. The average Bonchev–Trinajstić information content (AvgIpc) is 3.07. The highest BCUT2D eigenvalue weighted by molar-refractivity contribution is 5.87. The number of nitrogens with two attached hydrogens (primary N) is 1. The van der Waals surface area contributed by atoms with Crippen LogP contribution in [0.15, 0.2) is 48.5 Å². The zero-order chi connectivity index (χ0) is 35.3. The minimum atomic E-state index is -5.08. The van der Waals surface area contributed by atoms with E-state index in [-0.39, 0.29) is 23.9 Å². The number of aromatic nitrogens is 1. The van der Waals surface area contributed by atoms with E-state index in [1.165, 1.54) is 12.1 Å². The van der Waals surface area contributed by atoms with Gasteiger partial charge in [-0.05, 0) is 55.5 Å². The Labute approximate surface area is 274 Å². The first-order valence-corrected chi connectivity index (χ1v) is 15.1. The fourth-order valence-corrected chi connectivity index (χ4v) is 4.89. The Morgan fingerprint density at radius 1 is 1.06 bits per heavy atom. The topological polar surface area (TPSA) is 171 Å². The van der Waals surface area contributed by atoms with E-state index in [1.54, 1.807) is 18.7 Å². The normalized spacial score (nSPS) is 13.2. The van der Waals surface area contributed by atoms with Crippen LogP contribution in [0, 0.1) is 17.1 Å². The molecule has 1 aromatic heterocycles. The molecule has 0 atom stereocenters. The maximum atomic E-state index is 14.8. The standard InChI is InChI=1S/C31H36FN5O4.C2HF3O2/c1-40-25-11-9-21(10-12-25)30-27(41-17-5-3-2-4-6-29(38)36-39)19-28(37-15-13-24(34)14-16-37)35-31(30)22-7-8-23(20-33)26(32)18-22;3-2(4,5)1(6)7/h7-12,18-19,24,39H,2-6,13-17,34H2,1H3,(H,36,38);(H,6,7). The number of hydrogen-bond acceptors (Lipinski definition) is 9. The molecule has 1 amide bonds. The number of carbonyl (C=O) groups excluding carboxylic acids is 1. The van der Waals surface area contributed by atoms with E-state index in [4.69, 9.17) is 35.3 Å². The first-order chi connectivity index (χ1) is 22.9. The van der Waals surface area contributed by atoms with Crippen molar-refractivity contribution in [2.24, 2.45) is 5.73 Å². The van der Waals surface area contributed by atoms with Crippen molar-refractivity contribution in [2.45, 2.75) is 57.2 Å². The van der Waals surface area contributed by atoms with Crippen molar-refractivity contribution in [1.82, 2.24) is 10.5 Å². The molecule has 4 rings (SSSR count). The quantitative estimate of drug-likeness (QED) is 0.0793. The molecule has 0 radical (unpaired) electrons. The summed E-state index contributed by atoms with van der Waals surface area (Å²) >= 11 is 0. The van der Waals surface area contributed by atoms with Crippen LogP contribution in [0.4, 0.5) is 23.4 Å². The van der Waals surface area contributed by atoms with E-state index < -0.39 is 18.0 Å². The van der Waals surface area contributed by atoms with Crippen molar-refractivity contribution >= 4 is 17.7 Å². The number of hydroxylamine groups is 1. The summed E-state index contributed by atoms with van der Waals surface area (Å²) in [5, 5.41) is 25.0. The Bertz CT molecular complexity index is 1570. The monoisotopic (exact) mass is 675 g/mol. The number of benzene rings is 2. The molecule has 11 nitrogen and oxygen atoms in total. The number of alkyl halides is 3. The number of rotatable bonds is 12. The van der Waals surface area contributed by atoms with E-state index in [0.29, 0.717) is 41.3 Å². The van der Waals surface area contributed by atoms with Gasteiger partial charge in [-0.1, -0.05) is 31.0 Å². The maximum Gasteiger partial charge on any atom is 0.490 e. The number of piperidine rings is 1. The smallest absolute Gasteiger partial charge is 0.490 e. The van der Waals surface area contributed by atoms with Crippen molar-refractivity contribution in [2.75, 3.05) is 31.7 Å². The molecule has 1 aliphatic rings. The average molecular weight is 676 g/mol. The summed E-state index contributed by atoms with van der Waals surface area (Å²) in [5.41, 5.74) is 10.4. The summed E-state index contributed by atoms with van der Waals surface area (Å²) in [7, 11) is 1.60. The van der Waals surface area contributed by atoms with Crippen LogP contribution in [0.5, 0.6) is 11.5 Å². The number of anilines is 1. The lowest BCUT2D eigenvalue weighted by atomic mass is 9.97. The van der Waals surface area contributed by atoms with Crippen molar-refractivity contribution in [1.29, 1.82) is 5.26 Å². The second-order valence-electron chi connectivity index (χ2n) is 10.9. The van der Waals surface area contributed by atoms with Crippen LogP contribution in [-0.2, 0) is 9.59 Å². The van der Waals surface area contributed by atoms with Gasteiger partial charge in [0.25, 0.3) is 0 Å². The predicted octanol–water partition coefficient (Wildman–Crippen LogP) is 5.83. The molecular formula is C33H37F4N5O6. The third kappa shape index (κ3) is 10.8. The first-order valence-electron chi connectivity index (χ1n) is 15.1. The number of carbonyl (C=O) groups is 2. The van der Waals surface area contributed by atoms with Gasteiger partial charge in [-0.2, -0.15) is 18.4 Å². The highest BCUT2D eigenvalue weighted by atomic mass is 19.4. The van der Waals surface area contributed by atoms with Crippen molar-refractivity contribution < 1.29 is 46.9 Å². The van der Waals surface area contributed by atoms with Crippen LogP contribution in [-0.4, -0.2) is 66.2 Å². The zero-order valence-electron chi connectivity index (χ0n) is 26.2. The molecule has 0 saturated carbocycles. The fourth-order valence-electron chi connectivity index (χ4n) is 4.89. The SMILES string of the molecule is COc1ccc(-c2c(OCCCCCCC(=O)NO)cc(N3CCC(N)CC3)nc2-c2ccc(C#N)c(F)c2)cc1.O=C(O)C(F)(F)F. The number of nitriles is 1. The highest BCUT2D eigenvalue weighted by Crippen LogP contribution is 2.42. The summed E-state index contributed by atoms with van der Waals surface area (Å²) in [6.07, 6.45) is -0.00879. The number of aliphatic carboxylic acids is 1. The first kappa shape index (κ1) is 37.5. The van der Waals surface area contributed by atoms with Gasteiger partial charge in [-0.15, -0.1) is 0 Å². The van der Waals surface area contributed by atoms with Crippen LogP contribution in [0.1, 0.15) is 50.5 Å². The molecule has 15 heteroatoms. The summed E-state index contributed by atoms with van der Waals surface area (Å²) in [6.45, 7) is 1.93. The second-order valence-corrected chi connectivity index (χ2v) is 10.9. The van der Waals surface area contributed by atoms with E-state index in [9.17, 15) is 27.6 Å². The number of carboxylic acid groups (broad SMARTS) is 1. The van der Waals surface area contributed by atoms with Crippen LogP contribution in [0.25, 0.3) is 22.4 Å². The lowest BCUT2D eigenvalue weighted by Gasteiger charge is -2.32. The molecule has 0 unspecified atom stereocenters. The maximum absolute atomic E-state index is 14.8. The number of pyridine rings is 1. The summed E-state index contributed by atoms with van der Waals surface area (Å²) in [6, 6.07) is 16.0. The fraction of sp³-hybridized carbons (Fsp3) is 0.394. The van der Waals surface area contributed by atoms with Gasteiger partial charge < -0.3 is 25.2 Å². The van der Waals surface area contributed by atoms with Gasteiger partial charge in [0.15, 0.2) is 0 Å². The molecule has 1 aliphatic heterocycles. The molecule has 2 heterocycles. The number of amides is 1. The van der Waals surface area contributed by atoms with E-state index >= 15 is 0 Å². The third-order valence-electron chi connectivity index (χ3n) is 7.50. The van der Waals surface area contributed by atoms with Crippen LogP contribution in [0.2, 0.25) is 0 Å². The number of carboxylic acids is 1. The molecule has 0 bridgehead atoms. The van der Waals surface area contributed by atoms with Gasteiger partial charge in [0.05, 0.1) is 30.5 Å². The Kier molecular flexibility index (Phi) is 13.9. The van der Waals surface area contributed by atoms with Gasteiger partial charge in [-0.3, -0.25) is 10.0 Å². The number of nitrogens with zero attached hydrogens (tertiary/aromatic N) is 3. The molecule has 48 heavy (non-hydrogen) atoms. The number of nitrogens with one attached hydrogen (secondary N) is 1. The van der Waals surface area contributed by atoms with Crippen LogP contribution >= 0.6 is 0 Å². The van der Waals surface area contributed by atoms with Gasteiger partial charge in [-0.25, -0.2) is 19.6 Å². The Morgan fingerprint density at radius 3 is 2.25 bits per heavy atom. The number of halogens is 4. The predicted molar refractivity (Wildman–Crippen MR) is 168 cm³/mol. The van der Waals surface area contributed by atoms with Crippen molar-refractivity contribution in [3.8, 4) is 40.0 Å². The van der Waals surface area contributed by atoms with Gasteiger partial charge in [0.2, 0.25) is 5.91 Å². The Morgan fingerprint density at radius 2 is 1.69 bits per heavy atom. The summed E-state index contributed by atoms with van der Waals surface area (Å²) in [5.74, 6) is -1.72. The Balaban J connectivity index is 0.000000804. The molecule has 1 saturated heterocycles. The number of ether oxygens (including phenoxy) is 2. The van der Waals surface area contributed by atoms with E-state index in [2.05, 4.69) is 4.90 Å². The minimum absolute atomic E-state index is 0.0335. The van der Waals surface area contributed by atoms with Crippen LogP contribution < -0.4 is 25.6 Å². The van der Waals surface area contributed by atoms with Crippen molar-refractivity contribution in [3.63, 3.8) is 0 Å².